The molecule has 1 aromatic carbocycles. The quantitative estimate of drug-likeness (QED) is 0.597. The van der Waals surface area contributed by atoms with Crippen LogP contribution in [0.1, 0.15) is 24.0 Å². The number of nitrogens with one attached hydrogen (secondary N) is 1. The highest BCUT2D eigenvalue weighted by molar-refractivity contribution is 8.15. The van der Waals surface area contributed by atoms with Gasteiger partial charge in [-0.05, 0) is 30.2 Å². The van der Waals surface area contributed by atoms with Gasteiger partial charge in [0.2, 0.25) is 5.91 Å². The summed E-state index contributed by atoms with van der Waals surface area (Å²) in [4.78, 5) is 13.1. The van der Waals surface area contributed by atoms with Crippen molar-refractivity contribution < 1.29 is 4.79 Å². The lowest BCUT2D eigenvalue weighted by Crippen LogP contribution is -2.25. The number of benzene rings is 1. The summed E-state index contributed by atoms with van der Waals surface area (Å²) in [6.45, 7) is 3.15. The molecular formula is C17H18N6OS. The summed E-state index contributed by atoms with van der Waals surface area (Å²) in [5.74, 6) is 0.317. The number of hydrogen-bond donors (Lipinski definition) is 1. The SMILES string of the molecule is Cc1cc(N(CCC#N)CCC#N)ccc1/C=N/N=C1/NC(=O)CS1. The van der Waals surface area contributed by atoms with E-state index < -0.39 is 0 Å². The van der Waals surface area contributed by atoms with Crippen LogP contribution in [0.5, 0.6) is 0 Å². The van der Waals surface area contributed by atoms with Crippen molar-refractivity contribution in [3.8, 4) is 12.1 Å². The standard InChI is InChI=1S/C17H18N6OS/c1-13-10-15(23(8-2-6-18)9-3-7-19)5-4-14(13)11-20-22-17-21-16(24)12-25-17/h4-5,10-11H,2-3,8-9,12H2,1H3,(H,21,22,24)/b20-11+. The highest BCUT2D eigenvalue weighted by atomic mass is 32.2. The van der Waals surface area contributed by atoms with Crippen molar-refractivity contribution in [1.29, 1.82) is 10.5 Å². The molecule has 25 heavy (non-hydrogen) atoms. The summed E-state index contributed by atoms with van der Waals surface area (Å²) in [6.07, 6.45) is 2.47. The minimum Gasteiger partial charge on any atom is -0.369 e. The predicted octanol–water partition coefficient (Wildman–Crippen LogP) is 2.18. The molecule has 8 heteroatoms. The second-order valence-electron chi connectivity index (χ2n) is 5.33. The second kappa shape index (κ2) is 9.45. The number of aryl methyl sites for hydroxylation is 1. The van der Waals surface area contributed by atoms with Crippen molar-refractivity contribution in [1.82, 2.24) is 5.32 Å². The molecule has 1 fully saturated rings. The number of hydrogen-bond acceptors (Lipinski definition) is 7. The molecule has 1 aliphatic rings. The molecule has 1 N–H and O–H groups in total. The summed E-state index contributed by atoms with van der Waals surface area (Å²) < 4.78 is 0. The Morgan fingerprint density at radius 1 is 1.32 bits per heavy atom. The van der Waals surface area contributed by atoms with Gasteiger partial charge in [0, 0.05) is 18.8 Å². The number of amides is 1. The lowest BCUT2D eigenvalue weighted by atomic mass is 10.1. The number of thioether (sulfide) groups is 1. The van der Waals surface area contributed by atoms with Crippen molar-refractivity contribution in [2.75, 3.05) is 23.7 Å². The average molecular weight is 354 g/mol. The smallest absolute Gasteiger partial charge is 0.236 e. The third-order valence-electron chi connectivity index (χ3n) is 3.54. The Balaban J connectivity index is 2.09. The highest BCUT2D eigenvalue weighted by Crippen LogP contribution is 2.19. The lowest BCUT2D eigenvalue weighted by molar-refractivity contribution is -0.116. The number of nitriles is 2. The summed E-state index contributed by atoms with van der Waals surface area (Å²) in [5, 5.41) is 28.7. The highest BCUT2D eigenvalue weighted by Gasteiger charge is 2.16. The lowest BCUT2D eigenvalue weighted by Gasteiger charge is -2.23. The van der Waals surface area contributed by atoms with Gasteiger partial charge in [0.15, 0.2) is 5.17 Å². The molecule has 0 saturated carbocycles. The molecule has 0 spiro atoms. The molecule has 0 aliphatic carbocycles. The zero-order valence-electron chi connectivity index (χ0n) is 13.9. The number of rotatable bonds is 7. The largest absolute Gasteiger partial charge is 0.369 e. The maximum atomic E-state index is 11.1. The molecule has 2 rings (SSSR count). The third-order valence-corrected chi connectivity index (χ3v) is 4.40. The van der Waals surface area contributed by atoms with E-state index in [0.29, 0.717) is 36.9 Å². The maximum absolute atomic E-state index is 11.1. The normalized spacial score (nSPS) is 15.2. The fourth-order valence-electron chi connectivity index (χ4n) is 2.26. The molecule has 7 nitrogen and oxygen atoms in total. The molecule has 0 atom stereocenters. The monoisotopic (exact) mass is 354 g/mol. The average Bonchev–Trinajstić information content (AvgIpc) is 3.02. The fraction of sp³-hybridized carbons (Fsp3) is 0.353. The first-order valence-electron chi connectivity index (χ1n) is 7.77. The Labute approximate surface area is 151 Å². The molecule has 0 unspecified atom stereocenters. The van der Waals surface area contributed by atoms with Gasteiger partial charge in [-0.1, -0.05) is 17.8 Å². The molecule has 0 radical (unpaired) electrons. The summed E-state index contributed by atoms with van der Waals surface area (Å²) in [6, 6.07) is 10.2. The van der Waals surface area contributed by atoms with Gasteiger partial charge >= 0.3 is 0 Å². The minimum atomic E-state index is -0.0608. The van der Waals surface area contributed by atoms with Crippen LogP contribution in [0.3, 0.4) is 0 Å². The van der Waals surface area contributed by atoms with E-state index in [4.69, 9.17) is 10.5 Å². The topological polar surface area (TPSA) is 105 Å². The summed E-state index contributed by atoms with van der Waals surface area (Å²) >= 11 is 1.33. The first-order valence-corrected chi connectivity index (χ1v) is 8.75. The first kappa shape index (κ1) is 18.5. The van der Waals surface area contributed by atoms with Crippen molar-refractivity contribution in [2.45, 2.75) is 19.8 Å². The number of amidine groups is 1. The number of anilines is 1. The molecule has 1 amide bonds. The van der Waals surface area contributed by atoms with Gasteiger partial charge in [-0.25, -0.2) is 0 Å². The van der Waals surface area contributed by atoms with Crippen LogP contribution in [0, 0.1) is 29.6 Å². The Hall–Kier alpha value is -2.84. The minimum absolute atomic E-state index is 0.0608. The van der Waals surface area contributed by atoms with E-state index in [2.05, 4.69) is 27.7 Å². The van der Waals surface area contributed by atoms with Crippen LogP contribution < -0.4 is 10.2 Å². The van der Waals surface area contributed by atoms with E-state index in [-0.39, 0.29) is 5.91 Å². The van der Waals surface area contributed by atoms with Crippen LogP contribution in [0.15, 0.2) is 28.4 Å². The molecule has 1 heterocycles. The Bertz CT molecular complexity index is 756. The molecule has 1 saturated heterocycles. The zero-order valence-corrected chi connectivity index (χ0v) is 14.7. The van der Waals surface area contributed by atoms with Crippen LogP contribution in [0.25, 0.3) is 0 Å². The van der Waals surface area contributed by atoms with Gasteiger partial charge < -0.3 is 10.2 Å². The van der Waals surface area contributed by atoms with Crippen LogP contribution in [-0.4, -0.2) is 36.1 Å². The van der Waals surface area contributed by atoms with E-state index in [1.165, 1.54) is 11.8 Å². The van der Waals surface area contributed by atoms with E-state index >= 15 is 0 Å². The first-order chi connectivity index (χ1) is 12.1. The number of carbonyl (C=O) groups is 1. The van der Waals surface area contributed by atoms with Crippen molar-refractivity contribution in [2.24, 2.45) is 10.2 Å². The Morgan fingerprint density at radius 3 is 2.60 bits per heavy atom. The van der Waals surface area contributed by atoms with E-state index in [1.54, 1.807) is 6.21 Å². The van der Waals surface area contributed by atoms with Gasteiger partial charge in [-0.2, -0.15) is 15.6 Å². The van der Waals surface area contributed by atoms with Crippen LogP contribution in [0.2, 0.25) is 0 Å². The molecule has 1 aliphatic heterocycles. The van der Waals surface area contributed by atoms with Gasteiger partial charge in [0.1, 0.15) is 0 Å². The Morgan fingerprint density at radius 2 is 2.04 bits per heavy atom. The van der Waals surface area contributed by atoms with Gasteiger partial charge in [0.05, 0.1) is 36.9 Å². The van der Waals surface area contributed by atoms with Gasteiger partial charge in [0.25, 0.3) is 0 Å². The third kappa shape index (κ3) is 5.63. The Kier molecular flexibility index (Phi) is 7.00. The summed E-state index contributed by atoms with van der Waals surface area (Å²) in [5.41, 5.74) is 2.91. The van der Waals surface area contributed by atoms with Crippen molar-refractivity contribution in [3.63, 3.8) is 0 Å². The van der Waals surface area contributed by atoms with E-state index in [9.17, 15) is 4.79 Å². The van der Waals surface area contributed by atoms with Crippen LogP contribution in [0.4, 0.5) is 5.69 Å². The van der Waals surface area contributed by atoms with Crippen LogP contribution in [-0.2, 0) is 4.79 Å². The molecule has 1 aromatic rings. The molecular weight excluding hydrogens is 336 g/mol. The number of carbonyl (C=O) groups excluding carboxylic acids is 1. The summed E-state index contributed by atoms with van der Waals surface area (Å²) in [7, 11) is 0. The predicted molar refractivity (Wildman–Crippen MR) is 99.5 cm³/mol. The van der Waals surface area contributed by atoms with Gasteiger partial charge in [-0.3, -0.25) is 4.79 Å². The van der Waals surface area contributed by atoms with E-state index in [1.807, 2.05) is 30.0 Å². The van der Waals surface area contributed by atoms with Gasteiger partial charge in [-0.15, -0.1) is 5.10 Å². The zero-order chi connectivity index (χ0) is 18.1. The second-order valence-corrected chi connectivity index (χ2v) is 6.29. The maximum Gasteiger partial charge on any atom is 0.236 e. The fourth-order valence-corrected chi connectivity index (χ4v) is 2.89. The number of nitrogens with zero attached hydrogens (tertiary/aromatic N) is 5. The molecule has 128 valence electrons. The van der Waals surface area contributed by atoms with Crippen molar-refractivity contribution in [3.05, 3.63) is 29.3 Å². The molecule has 0 bridgehead atoms. The van der Waals surface area contributed by atoms with Crippen molar-refractivity contribution >= 4 is 34.7 Å². The van der Waals surface area contributed by atoms with E-state index in [0.717, 1.165) is 16.8 Å². The molecule has 0 aromatic heterocycles. The van der Waals surface area contributed by atoms with Crippen LogP contribution >= 0.6 is 11.8 Å².